The lowest BCUT2D eigenvalue weighted by Crippen LogP contribution is -2.25. The maximum absolute atomic E-state index is 12.2. The molecule has 0 aliphatic rings. The highest BCUT2D eigenvalue weighted by molar-refractivity contribution is 5.94. The molecule has 1 amide bonds. The molecule has 27 heavy (non-hydrogen) atoms. The number of carbonyl (C=O) groups is 1. The fourth-order valence-corrected chi connectivity index (χ4v) is 2.52. The lowest BCUT2D eigenvalue weighted by atomic mass is 10.1. The SMILES string of the molecule is O=C(NCCCOc1ccccc1)c1ccc(COc2ccccc2)cc1. The molecule has 0 aliphatic carbocycles. The highest BCUT2D eigenvalue weighted by atomic mass is 16.5. The molecule has 0 saturated heterocycles. The first-order chi connectivity index (χ1) is 13.3. The third kappa shape index (κ3) is 6.19. The lowest BCUT2D eigenvalue weighted by molar-refractivity contribution is 0.0951. The van der Waals surface area contributed by atoms with Gasteiger partial charge in [0.25, 0.3) is 5.91 Å². The van der Waals surface area contributed by atoms with Gasteiger partial charge in [-0.1, -0.05) is 48.5 Å². The summed E-state index contributed by atoms with van der Waals surface area (Å²) >= 11 is 0. The van der Waals surface area contributed by atoms with Gasteiger partial charge in [0.15, 0.2) is 0 Å². The van der Waals surface area contributed by atoms with Crippen molar-refractivity contribution in [2.24, 2.45) is 0 Å². The second-order valence-corrected chi connectivity index (χ2v) is 6.07. The lowest BCUT2D eigenvalue weighted by Gasteiger charge is -2.09. The normalized spacial score (nSPS) is 10.2. The third-order valence-corrected chi connectivity index (χ3v) is 3.98. The Kier molecular flexibility index (Phi) is 6.87. The van der Waals surface area contributed by atoms with Crippen molar-refractivity contribution in [1.82, 2.24) is 5.32 Å². The molecule has 4 heteroatoms. The highest BCUT2D eigenvalue weighted by Gasteiger charge is 2.05. The maximum Gasteiger partial charge on any atom is 0.251 e. The van der Waals surface area contributed by atoms with Gasteiger partial charge in [-0.15, -0.1) is 0 Å². The first-order valence-corrected chi connectivity index (χ1v) is 9.04. The van der Waals surface area contributed by atoms with Crippen LogP contribution in [0.3, 0.4) is 0 Å². The quantitative estimate of drug-likeness (QED) is 0.572. The minimum absolute atomic E-state index is 0.0785. The molecular weight excluding hydrogens is 338 g/mol. The Bertz CT molecular complexity index is 817. The van der Waals surface area contributed by atoms with E-state index in [9.17, 15) is 4.79 Å². The van der Waals surface area contributed by atoms with Gasteiger partial charge in [-0.05, 0) is 48.4 Å². The Morgan fingerprint density at radius 3 is 1.96 bits per heavy atom. The number of ether oxygens (including phenoxy) is 2. The van der Waals surface area contributed by atoms with Crippen LogP contribution in [0.2, 0.25) is 0 Å². The summed E-state index contributed by atoms with van der Waals surface area (Å²) in [5.41, 5.74) is 1.66. The van der Waals surface area contributed by atoms with Crippen LogP contribution >= 0.6 is 0 Å². The van der Waals surface area contributed by atoms with E-state index in [0.29, 0.717) is 25.3 Å². The third-order valence-electron chi connectivity index (χ3n) is 3.98. The topological polar surface area (TPSA) is 47.6 Å². The van der Waals surface area contributed by atoms with Gasteiger partial charge < -0.3 is 14.8 Å². The molecule has 0 aromatic heterocycles. The van der Waals surface area contributed by atoms with Crippen molar-refractivity contribution in [3.8, 4) is 11.5 Å². The van der Waals surface area contributed by atoms with Crippen LogP contribution in [0.1, 0.15) is 22.3 Å². The van der Waals surface area contributed by atoms with Crippen molar-refractivity contribution in [2.75, 3.05) is 13.2 Å². The van der Waals surface area contributed by atoms with Crippen LogP contribution in [0.25, 0.3) is 0 Å². The molecule has 0 atom stereocenters. The molecule has 0 heterocycles. The van der Waals surface area contributed by atoms with Gasteiger partial charge in [-0.2, -0.15) is 0 Å². The van der Waals surface area contributed by atoms with Gasteiger partial charge in [0.1, 0.15) is 18.1 Å². The second-order valence-electron chi connectivity index (χ2n) is 6.07. The number of hydrogen-bond acceptors (Lipinski definition) is 3. The van der Waals surface area contributed by atoms with Crippen molar-refractivity contribution >= 4 is 5.91 Å². The number of rotatable bonds is 9. The van der Waals surface area contributed by atoms with Crippen molar-refractivity contribution < 1.29 is 14.3 Å². The molecule has 0 unspecified atom stereocenters. The van der Waals surface area contributed by atoms with E-state index in [-0.39, 0.29) is 5.91 Å². The van der Waals surface area contributed by atoms with E-state index in [4.69, 9.17) is 9.47 Å². The minimum Gasteiger partial charge on any atom is -0.494 e. The monoisotopic (exact) mass is 361 g/mol. The van der Waals surface area contributed by atoms with Crippen LogP contribution in [0.4, 0.5) is 0 Å². The van der Waals surface area contributed by atoms with Gasteiger partial charge in [-0.3, -0.25) is 4.79 Å². The van der Waals surface area contributed by atoms with E-state index < -0.39 is 0 Å². The predicted octanol–water partition coefficient (Wildman–Crippen LogP) is 4.46. The number of amides is 1. The van der Waals surface area contributed by atoms with E-state index in [0.717, 1.165) is 23.5 Å². The van der Waals surface area contributed by atoms with Crippen LogP contribution in [0.15, 0.2) is 84.9 Å². The molecule has 1 N–H and O–H groups in total. The number of para-hydroxylation sites is 2. The largest absolute Gasteiger partial charge is 0.494 e. The fourth-order valence-electron chi connectivity index (χ4n) is 2.52. The molecule has 0 fully saturated rings. The van der Waals surface area contributed by atoms with Crippen molar-refractivity contribution in [3.63, 3.8) is 0 Å². The summed E-state index contributed by atoms with van der Waals surface area (Å²) in [6, 6.07) is 26.8. The Morgan fingerprint density at radius 2 is 1.33 bits per heavy atom. The van der Waals surface area contributed by atoms with E-state index in [2.05, 4.69) is 5.32 Å². The van der Waals surface area contributed by atoms with Gasteiger partial charge in [-0.25, -0.2) is 0 Å². The first-order valence-electron chi connectivity index (χ1n) is 9.04. The zero-order chi connectivity index (χ0) is 18.7. The summed E-state index contributed by atoms with van der Waals surface area (Å²) in [6.07, 6.45) is 0.754. The summed E-state index contributed by atoms with van der Waals surface area (Å²) in [7, 11) is 0. The minimum atomic E-state index is -0.0785. The number of benzene rings is 3. The number of hydrogen-bond donors (Lipinski definition) is 1. The van der Waals surface area contributed by atoms with Crippen LogP contribution < -0.4 is 14.8 Å². The molecule has 3 aromatic carbocycles. The molecule has 4 nitrogen and oxygen atoms in total. The molecule has 0 bridgehead atoms. The smallest absolute Gasteiger partial charge is 0.251 e. The van der Waals surface area contributed by atoms with Crippen molar-refractivity contribution in [2.45, 2.75) is 13.0 Å². The van der Waals surface area contributed by atoms with E-state index in [1.807, 2.05) is 84.9 Å². The van der Waals surface area contributed by atoms with Crippen LogP contribution in [-0.2, 0) is 6.61 Å². The van der Waals surface area contributed by atoms with E-state index in [1.54, 1.807) is 0 Å². The summed E-state index contributed by atoms with van der Waals surface area (Å²) in [5.74, 6) is 1.60. The Balaban J connectivity index is 1.37. The molecular formula is C23H23NO3. The highest BCUT2D eigenvalue weighted by Crippen LogP contribution is 2.12. The molecule has 0 saturated carbocycles. The summed E-state index contributed by atoms with van der Waals surface area (Å²) in [4.78, 5) is 12.2. The summed E-state index contributed by atoms with van der Waals surface area (Å²) in [5, 5.41) is 2.91. The van der Waals surface area contributed by atoms with Crippen molar-refractivity contribution in [1.29, 1.82) is 0 Å². The number of carbonyl (C=O) groups excluding carboxylic acids is 1. The number of nitrogens with one attached hydrogen (secondary N) is 1. The van der Waals surface area contributed by atoms with Gasteiger partial charge in [0.05, 0.1) is 6.61 Å². The molecule has 0 radical (unpaired) electrons. The van der Waals surface area contributed by atoms with Gasteiger partial charge in [0.2, 0.25) is 0 Å². The van der Waals surface area contributed by atoms with Crippen LogP contribution in [0.5, 0.6) is 11.5 Å². The molecule has 0 aliphatic heterocycles. The molecule has 138 valence electrons. The Hall–Kier alpha value is -3.27. The summed E-state index contributed by atoms with van der Waals surface area (Å²) < 4.78 is 11.3. The second kappa shape index (κ2) is 10.0. The fraction of sp³-hybridized carbons (Fsp3) is 0.174. The molecule has 3 rings (SSSR count). The van der Waals surface area contributed by atoms with Crippen molar-refractivity contribution in [3.05, 3.63) is 96.1 Å². The summed E-state index contributed by atoms with van der Waals surface area (Å²) in [6.45, 7) is 1.62. The average Bonchev–Trinajstić information content (AvgIpc) is 2.74. The zero-order valence-corrected chi connectivity index (χ0v) is 15.1. The van der Waals surface area contributed by atoms with Gasteiger partial charge in [0, 0.05) is 12.1 Å². The first kappa shape index (κ1) is 18.5. The maximum atomic E-state index is 12.2. The van der Waals surface area contributed by atoms with Crippen LogP contribution in [-0.4, -0.2) is 19.1 Å². The van der Waals surface area contributed by atoms with E-state index >= 15 is 0 Å². The predicted molar refractivity (Wildman–Crippen MR) is 106 cm³/mol. The molecule has 0 spiro atoms. The zero-order valence-electron chi connectivity index (χ0n) is 15.1. The van der Waals surface area contributed by atoms with Gasteiger partial charge >= 0.3 is 0 Å². The Labute approximate surface area is 159 Å². The molecule has 3 aromatic rings. The standard InChI is InChI=1S/C23H23NO3/c25-23(24-16-7-17-26-21-8-3-1-4-9-21)20-14-12-19(13-15-20)18-27-22-10-5-2-6-11-22/h1-6,8-15H,7,16-18H2,(H,24,25). The van der Waals surface area contributed by atoms with Crippen LogP contribution in [0, 0.1) is 0 Å². The van der Waals surface area contributed by atoms with E-state index in [1.165, 1.54) is 0 Å². The average molecular weight is 361 g/mol. The Morgan fingerprint density at radius 1 is 0.741 bits per heavy atom.